The van der Waals surface area contributed by atoms with Crippen molar-refractivity contribution >= 4 is 15.7 Å². The molecule has 1 aromatic heterocycles. The second kappa shape index (κ2) is 6.73. The van der Waals surface area contributed by atoms with E-state index >= 15 is 0 Å². The number of nitro groups is 1. The topological polar surface area (TPSA) is 116 Å². The second-order valence-corrected chi connectivity index (χ2v) is 7.55. The Balaban J connectivity index is 1.80. The molecule has 1 unspecified atom stereocenters. The minimum Gasteiger partial charge on any atom is -0.472 e. The predicted molar refractivity (Wildman–Crippen MR) is 87.7 cm³/mol. The molecule has 0 aliphatic carbocycles. The van der Waals surface area contributed by atoms with Crippen LogP contribution in [-0.4, -0.2) is 46.8 Å². The minimum atomic E-state index is -3.84. The second-order valence-electron chi connectivity index (χ2n) is 5.64. The van der Waals surface area contributed by atoms with Crippen LogP contribution in [0.3, 0.4) is 0 Å². The third-order valence-electron chi connectivity index (χ3n) is 3.94. The highest BCUT2D eigenvalue weighted by atomic mass is 32.2. The van der Waals surface area contributed by atoms with Crippen LogP contribution in [0.25, 0.3) is 0 Å². The molecule has 3 rings (SSSR count). The van der Waals surface area contributed by atoms with Crippen molar-refractivity contribution in [2.45, 2.75) is 24.3 Å². The molecule has 0 saturated carbocycles. The highest BCUT2D eigenvalue weighted by molar-refractivity contribution is 7.89. The lowest BCUT2D eigenvalue weighted by Gasteiger charge is -2.18. The van der Waals surface area contributed by atoms with Crippen LogP contribution in [0.1, 0.15) is 12.0 Å². The van der Waals surface area contributed by atoms with Gasteiger partial charge in [0.25, 0.3) is 5.69 Å². The summed E-state index contributed by atoms with van der Waals surface area (Å²) >= 11 is 0. The molecule has 2 aromatic rings. The fourth-order valence-electron chi connectivity index (χ4n) is 2.65. The molecule has 9 nitrogen and oxygen atoms in total. The van der Waals surface area contributed by atoms with Crippen LogP contribution < -0.4 is 4.74 Å². The molecular weight excluding hydrogens is 348 g/mol. The van der Waals surface area contributed by atoms with Gasteiger partial charge >= 0.3 is 0 Å². The summed E-state index contributed by atoms with van der Waals surface area (Å²) in [6.07, 6.45) is 4.63. The maximum absolute atomic E-state index is 12.8. The van der Waals surface area contributed by atoms with Gasteiger partial charge in [-0.2, -0.15) is 4.31 Å². The highest BCUT2D eigenvalue weighted by Gasteiger charge is 2.35. The van der Waals surface area contributed by atoms with Crippen molar-refractivity contribution in [2.75, 3.05) is 13.1 Å². The molecule has 2 heterocycles. The van der Waals surface area contributed by atoms with Crippen molar-refractivity contribution in [1.29, 1.82) is 0 Å². The number of hydrogen-bond donors (Lipinski definition) is 0. The number of benzene rings is 1. The summed E-state index contributed by atoms with van der Waals surface area (Å²) in [4.78, 5) is 18.2. The van der Waals surface area contributed by atoms with Crippen LogP contribution in [0.5, 0.6) is 5.88 Å². The van der Waals surface area contributed by atoms with E-state index in [2.05, 4.69) is 9.97 Å². The van der Waals surface area contributed by atoms with Crippen molar-refractivity contribution < 1.29 is 18.1 Å². The van der Waals surface area contributed by atoms with Gasteiger partial charge in [0, 0.05) is 31.1 Å². The van der Waals surface area contributed by atoms with Crippen LogP contribution in [0.2, 0.25) is 0 Å². The molecular formula is C15H16N4O5S. The van der Waals surface area contributed by atoms with E-state index < -0.39 is 14.9 Å². The number of nitro benzene ring substituents is 1. The Bertz CT molecular complexity index is 888. The monoisotopic (exact) mass is 364 g/mol. The van der Waals surface area contributed by atoms with E-state index in [4.69, 9.17) is 4.74 Å². The number of non-ortho nitro benzene ring substituents is 1. The first-order chi connectivity index (χ1) is 11.9. The molecule has 0 amide bonds. The Hall–Kier alpha value is -2.59. The first-order valence-corrected chi connectivity index (χ1v) is 9.00. The number of hydrogen-bond acceptors (Lipinski definition) is 7. The third kappa shape index (κ3) is 3.59. The lowest BCUT2D eigenvalue weighted by molar-refractivity contribution is -0.385. The maximum atomic E-state index is 12.8. The molecule has 1 aliphatic heterocycles. The molecule has 1 fully saturated rings. The largest absolute Gasteiger partial charge is 0.472 e. The van der Waals surface area contributed by atoms with Crippen molar-refractivity contribution in [2.24, 2.45) is 0 Å². The summed E-state index contributed by atoms with van der Waals surface area (Å²) in [6.45, 7) is 2.04. The third-order valence-corrected chi connectivity index (χ3v) is 5.94. The number of nitrogens with zero attached hydrogens (tertiary/aromatic N) is 4. The van der Waals surface area contributed by atoms with Crippen LogP contribution in [0, 0.1) is 17.0 Å². The molecule has 1 saturated heterocycles. The van der Waals surface area contributed by atoms with E-state index in [0.29, 0.717) is 17.9 Å². The van der Waals surface area contributed by atoms with E-state index in [1.807, 2.05) is 0 Å². The van der Waals surface area contributed by atoms with Crippen molar-refractivity contribution in [1.82, 2.24) is 14.3 Å². The van der Waals surface area contributed by atoms with E-state index in [1.165, 1.54) is 35.0 Å². The quantitative estimate of drug-likeness (QED) is 0.583. The van der Waals surface area contributed by atoms with Gasteiger partial charge in [0.1, 0.15) is 6.10 Å². The minimum absolute atomic E-state index is 0.0538. The van der Waals surface area contributed by atoms with Crippen LogP contribution in [-0.2, 0) is 10.0 Å². The lowest BCUT2D eigenvalue weighted by Crippen LogP contribution is -2.31. The Morgan fingerprint density at radius 3 is 2.84 bits per heavy atom. The van der Waals surface area contributed by atoms with Gasteiger partial charge in [-0.15, -0.1) is 0 Å². The summed E-state index contributed by atoms with van der Waals surface area (Å²) in [7, 11) is -3.84. The molecule has 0 radical (unpaired) electrons. The molecule has 10 heteroatoms. The first-order valence-electron chi connectivity index (χ1n) is 7.56. The van der Waals surface area contributed by atoms with Gasteiger partial charge in [-0.05, 0) is 18.9 Å². The predicted octanol–water partition coefficient (Wildman–Crippen LogP) is 1.54. The summed E-state index contributed by atoms with van der Waals surface area (Å²) < 4.78 is 32.6. The zero-order chi connectivity index (χ0) is 18.0. The summed E-state index contributed by atoms with van der Waals surface area (Å²) in [5.41, 5.74) is 0.208. The van der Waals surface area contributed by atoms with Crippen molar-refractivity contribution in [3.05, 3.63) is 52.5 Å². The molecule has 0 spiro atoms. The van der Waals surface area contributed by atoms with Gasteiger partial charge in [-0.25, -0.2) is 13.4 Å². The fourth-order valence-corrected chi connectivity index (χ4v) is 4.38. The lowest BCUT2D eigenvalue weighted by atomic mass is 10.2. The Kier molecular flexibility index (Phi) is 4.64. The Morgan fingerprint density at radius 2 is 2.16 bits per heavy atom. The smallest absolute Gasteiger partial charge is 0.270 e. The molecule has 1 aromatic carbocycles. The Morgan fingerprint density at radius 1 is 1.36 bits per heavy atom. The van der Waals surface area contributed by atoms with Crippen LogP contribution in [0.15, 0.2) is 41.7 Å². The van der Waals surface area contributed by atoms with Crippen molar-refractivity contribution in [3.8, 4) is 5.88 Å². The Labute approximate surface area is 144 Å². The summed E-state index contributed by atoms with van der Waals surface area (Å²) in [5.74, 6) is 0.332. The van der Waals surface area contributed by atoms with E-state index in [1.54, 1.807) is 6.92 Å². The van der Waals surface area contributed by atoms with Gasteiger partial charge in [0.05, 0.1) is 22.6 Å². The SMILES string of the molecule is Cc1ccc([N+](=O)[O-])cc1S(=O)(=O)N1CCC(Oc2cnccn2)C1. The number of aryl methyl sites for hydroxylation is 1. The summed E-state index contributed by atoms with van der Waals surface area (Å²) in [6, 6.07) is 3.83. The normalized spacial score (nSPS) is 18.2. The number of rotatable bonds is 5. The fraction of sp³-hybridized carbons (Fsp3) is 0.333. The maximum Gasteiger partial charge on any atom is 0.270 e. The molecule has 25 heavy (non-hydrogen) atoms. The van der Waals surface area contributed by atoms with Crippen LogP contribution >= 0.6 is 0 Å². The van der Waals surface area contributed by atoms with Gasteiger partial charge < -0.3 is 4.74 Å². The first kappa shape index (κ1) is 17.2. The van der Waals surface area contributed by atoms with Gasteiger partial charge in [0.15, 0.2) is 0 Å². The van der Waals surface area contributed by atoms with Gasteiger partial charge in [-0.1, -0.05) is 6.07 Å². The van der Waals surface area contributed by atoms with E-state index in [-0.39, 0.29) is 29.8 Å². The molecule has 132 valence electrons. The standard InChI is InChI=1S/C15H16N4O5S/c1-11-2-3-12(19(20)21)8-14(11)25(22,23)18-7-4-13(10-18)24-15-9-16-5-6-17-15/h2-3,5-6,8-9,13H,4,7,10H2,1H3. The number of ether oxygens (including phenoxy) is 1. The van der Waals surface area contributed by atoms with E-state index in [9.17, 15) is 18.5 Å². The highest BCUT2D eigenvalue weighted by Crippen LogP contribution is 2.28. The zero-order valence-electron chi connectivity index (χ0n) is 13.4. The average Bonchev–Trinajstić information content (AvgIpc) is 3.05. The van der Waals surface area contributed by atoms with Crippen molar-refractivity contribution in [3.63, 3.8) is 0 Å². The molecule has 0 bridgehead atoms. The van der Waals surface area contributed by atoms with Gasteiger partial charge in [0.2, 0.25) is 15.9 Å². The molecule has 1 aliphatic rings. The van der Waals surface area contributed by atoms with Crippen LogP contribution in [0.4, 0.5) is 5.69 Å². The van der Waals surface area contributed by atoms with Gasteiger partial charge in [-0.3, -0.25) is 15.1 Å². The average molecular weight is 364 g/mol. The number of aromatic nitrogens is 2. The summed E-state index contributed by atoms with van der Waals surface area (Å²) in [5, 5.41) is 10.9. The molecule has 0 N–H and O–H groups in total. The number of sulfonamides is 1. The van der Waals surface area contributed by atoms with E-state index in [0.717, 1.165) is 6.07 Å². The molecule has 1 atom stereocenters. The zero-order valence-corrected chi connectivity index (χ0v) is 14.2.